The number of thiophene rings is 1. The largest absolute Gasteiger partial charge is 0.459 e. The van der Waals surface area contributed by atoms with Crippen LogP contribution in [-0.2, 0) is 20.8 Å². The summed E-state index contributed by atoms with van der Waals surface area (Å²) in [5.41, 5.74) is 0.0766. The first kappa shape index (κ1) is 20.0. The lowest BCUT2D eigenvalue weighted by molar-refractivity contribution is -0.116. The molecule has 1 N–H and O–H groups in total. The number of fused-ring (bicyclic) bond motifs is 1. The number of carbonyl (C=O) groups is 2. The molecule has 0 radical (unpaired) electrons. The second-order valence-corrected chi connectivity index (χ2v) is 7.90. The van der Waals surface area contributed by atoms with Crippen LogP contribution >= 0.6 is 22.7 Å². The summed E-state index contributed by atoms with van der Waals surface area (Å²) in [7, 11) is 1.51. The lowest BCUT2D eigenvalue weighted by atomic mass is 10.2. The summed E-state index contributed by atoms with van der Waals surface area (Å²) < 4.78 is 11.1. The third kappa shape index (κ3) is 4.24. The van der Waals surface area contributed by atoms with Gasteiger partial charge in [-0.1, -0.05) is 11.3 Å². The third-order valence-corrected chi connectivity index (χ3v) is 5.64. The Morgan fingerprint density at radius 1 is 1.21 bits per heavy atom. The number of esters is 1. The summed E-state index contributed by atoms with van der Waals surface area (Å²) in [6.07, 6.45) is 1.28. The van der Waals surface area contributed by atoms with Crippen molar-refractivity contribution in [3.8, 4) is 0 Å². The zero-order chi connectivity index (χ0) is 20.3. The van der Waals surface area contributed by atoms with Crippen molar-refractivity contribution in [1.29, 1.82) is 0 Å². The smallest absolute Gasteiger partial charge is 0.348 e. The van der Waals surface area contributed by atoms with Crippen molar-refractivity contribution in [2.24, 2.45) is 0 Å². The van der Waals surface area contributed by atoms with E-state index in [2.05, 4.69) is 20.5 Å². The maximum Gasteiger partial charge on any atom is 0.348 e. The van der Waals surface area contributed by atoms with Gasteiger partial charge in [0.1, 0.15) is 27.9 Å². The van der Waals surface area contributed by atoms with Gasteiger partial charge in [-0.15, -0.1) is 21.5 Å². The Balaban J connectivity index is 1.82. The van der Waals surface area contributed by atoms with E-state index in [1.165, 1.54) is 29.3 Å². The predicted octanol–water partition coefficient (Wildman–Crippen LogP) is 1.37. The SMILES string of the molecule is COCCOC(=O)c1sc2ncn(CC(=O)Nc3nnc(C)s3)c(=O)c2c1C. The molecule has 3 aromatic heterocycles. The summed E-state index contributed by atoms with van der Waals surface area (Å²) >= 11 is 2.31. The molecule has 0 fully saturated rings. The number of methoxy groups -OCH3 is 1. The quantitative estimate of drug-likeness (QED) is 0.446. The monoisotopic (exact) mass is 423 g/mol. The number of aryl methyl sites for hydroxylation is 2. The molecule has 0 aromatic carbocycles. The third-order valence-electron chi connectivity index (χ3n) is 3.71. The van der Waals surface area contributed by atoms with Gasteiger partial charge in [0.2, 0.25) is 11.0 Å². The van der Waals surface area contributed by atoms with Crippen LogP contribution in [0.2, 0.25) is 0 Å². The van der Waals surface area contributed by atoms with Gasteiger partial charge in [-0.05, 0) is 19.4 Å². The summed E-state index contributed by atoms with van der Waals surface area (Å²) in [6, 6.07) is 0. The van der Waals surface area contributed by atoms with Gasteiger partial charge in [0, 0.05) is 7.11 Å². The zero-order valence-electron chi connectivity index (χ0n) is 15.3. The number of anilines is 1. The van der Waals surface area contributed by atoms with Gasteiger partial charge in [0.05, 0.1) is 18.3 Å². The standard InChI is InChI=1S/C16H17N5O5S2/c1-8-11-13(28-12(8)15(24)26-5-4-25-3)17-7-21(14(11)23)6-10(22)18-16-20-19-9(2)27-16/h7H,4-6H2,1-3H3,(H,18,20,22). The normalized spacial score (nSPS) is 11.0. The Labute approximate surface area is 167 Å². The van der Waals surface area contributed by atoms with Gasteiger partial charge in [-0.3, -0.25) is 19.5 Å². The second-order valence-electron chi connectivity index (χ2n) is 5.72. The molecular formula is C16H17N5O5S2. The van der Waals surface area contributed by atoms with Crippen LogP contribution in [0.15, 0.2) is 11.1 Å². The number of amides is 1. The fraction of sp³-hybridized carbons (Fsp3) is 0.375. The molecule has 0 bridgehead atoms. The molecule has 28 heavy (non-hydrogen) atoms. The van der Waals surface area contributed by atoms with Crippen LogP contribution in [0, 0.1) is 13.8 Å². The van der Waals surface area contributed by atoms with Crippen molar-refractivity contribution in [2.75, 3.05) is 25.6 Å². The first-order valence-electron chi connectivity index (χ1n) is 8.15. The Morgan fingerprint density at radius 2 is 2.00 bits per heavy atom. The summed E-state index contributed by atoms with van der Waals surface area (Å²) in [5, 5.41) is 11.6. The molecule has 12 heteroatoms. The van der Waals surface area contributed by atoms with E-state index in [1.54, 1.807) is 13.8 Å². The average molecular weight is 423 g/mol. The summed E-state index contributed by atoms with van der Waals surface area (Å²) in [6.45, 7) is 3.59. The van der Waals surface area contributed by atoms with Crippen LogP contribution in [0.5, 0.6) is 0 Å². The molecule has 148 valence electrons. The molecular weight excluding hydrogens is 406 g/mol. The first-order valence-corrected chi connectivity index (χ1v) is 9.78. The Hall–Kier alpha value is -2.70. The number of hydrogen-bond acceptors (Lipinski definition) is 10. The van der Waals surface area contributed by atoms with Crippen molar-refractivity contribution < 1.29 is 19.1 Å². The summed E-state index contributed by atoms with van der Waals surface area (Å²) in [4.78, 5) is 42.1. The van der Waals surface area contributed by atoms with E-state index < -0.39 is 17.4 Å². The number of carbonyl (C=O) groups excluding carboxylic acids is 2. The van der Waals surface area contributed by atoms with E-state index in [0.717, 1.165) is 16.3 Å². The highest BCUT2D eigenvalue weighted by Gasteiger charge is 2.21. The Kier molecular flexibility index (Phi) is 6.11. The van der Waals surface area contributed by atoms with E-state index in [9.17, 15) is 14.4 Å². The highest BCUT2D eigenvalue weighted by molar-refractivity contribution is 7.20. The number of ether oxygens (including phenoxy) is 2. The molecule has 3 rings (SSSR count). The maximum absolute atomic E-state index is 12.8. The molecule has 3 aromatic rings. The van der Waals surface area contributed by atoms with Crippen LogP contribution in [-0.4, -0.2) is 51.9 Å². The van der Waals surface area contributed by atoms with E-state index in [4.69, 9.17) is 9.47 Å². The number of aromatic nitrogens is 4. The van der Waals surface area contributed by atoms with Gasteiger partial charge < -0.3 is 9.47 Å². The summed E-state index contributed by atoms with van der Waals surface area (Å²) in [5.74, 6) is -0.959. The topological polar surface area (TPSA) is 125 Å². The molecule has 3 heterocycles. The van der Waals surface area contributed by atoms with Crippen LogP contribution in [0.3, 0.4) is 0 Å². The molecule has 0 spiro atoms. The van der Waals surface area contributed by atoms with Crippen LogP contribution in [0.1, 0.15) is 20.2 Å². The molecule has 0 saturated heterocycles. The van der Waals surface area contributed by atoms with Gasteiger partial charge in [0.25, 0.3) is 5.56 Å². The van der Waals surface area contributed by atoms with E-state index in [1.807, 2.05) is 0 Å². The lowest BCUT2D eigenvalue weighted by Gasteiger charge is -2.05. The zero-order valence-corrected chi connectivity index (χ0v) is 17.0. The highest BCUT2D eigenvalue weighted by atomic mass is 32.1. The molecule has 1 amide bonds. The average Bonchev–Trinajstić information content (AvgIpc) is 3.21. The highest BCUT2D eigenvalue weighted by Crippen LogP contribution is 2.27. The van der Waals surface area contributed by atoms with Crippen LogP contribution < -0.4 is 10.9 Å². The van der Waals surface area contributed by atoms with Gasteiger partial charge in [0.15, 0.2) is 0 Å². The molecule has 10 nitrogen and oxygen atoms in total. The predicted molar refractivity (Wildman–Crippen MR) is 104 cm³/mol. The van der Waals surface area contributed by atoms with Crippen LogP contribution in [0.4, 0.5) is 5.13 Å². The molecule has 0 aliphatic carbocycles. The molecule has 0 atom stereocenters. The Morgan fingerprint density at radius 3 is 2.68 bits per heavy atom. The first-order chi connectivity index (χ1) is 13.4. The fourth-order valence-electron chi connectivity index (χ4n) is 2.41. The van der Waals surface area contributed by atoms with Crippen molar-refractivity contribution in [3.05, 3.63) is 32.1 Å². The molecule has 0 unspecified atom stereocenters. The fourth-order valence-corrected chi connectivity index (χ4v) is 4.05. The van der Waals surface area contributed by atoms with Gasteiger partial charge in [-0.2, -0.15) is 0 Å². The second kappa shape index (κ2) is 8.54. The van der Waals surface area contributed by atoms with Crippen molar-refractivity contribution >= 4 is 49.9 Å². The molecule has 0 aliphatic rings. The minimum atomic E-state index is -0.534. The van der Waals surface area contributed by atoms with Crippen molar-refractivity contribution in [2.45, 2.75) is 20.4 Å². The van der Waals surface area contributed by atoms with Crippen molar-refractivity contribution in [3.63, 3.8) is 0 Å². The van der Waals surface area contributed by atoms with Gasteiger partial charge in [-0.25, -0.2) is 9.78 Å². The minimum absolute atomic E-state index is 0.117. The number of nitrogens with one attached hydrogen (secondary N) is 1. The number of nitrogens with zero attached hydrogens (tertiary/aromatic N) is 4. The van der Waals surface area contributed by atoms with Gasteiger partial charge >= 0.3 is 5.97 Å². The number of rotatable bonds is 7. The molecule has 0 aliphatic heterocycles. The Bertz CT molecular complexity index is 1090. The number of hydrogen-bond donors (Lipinski definition) is 1. The van der Waals surface area contributed by atoms with Crippen molar-refractivity contribution in [1.82, 2.24) is 19.7 Å². The van der Waals surface area contributed by atoms with E-state index in [0.29, 0.717) is 25.8 Å². The van der Waals surface area contributed by atoms with E-state index >= 15 is 0 Å². The van der Waals surface area contributed by atoms with E-state index in [-0.39, 0.29) is 19.8 Å². The van der Waals surface area contributed by atoms with Crippen LogP contribution in [0.25, 0.3) is 10.2 Å². The molecule has 0 saturated carbocycles. The lowest BCUT2D eigenvalue weighted by Crippen LogP contribution is -2.27. The maximum atomic E-state index is 12.8. The minimum Gasteiger partial charge on any atom is -0.459 e.